The molecule has 4 heterocycles. The van der Waals surface area contributed by atoms with Crippen LogP contribution < -0.4 is 0 Å². The number of allylic oxidation sites excluding steroid dienone is 8. The van der Waals surface area contributed by atoms with E-state index in [-0.39, 0.29) is 47.3 Å². The van der Waals surface area contributed by atoms with Gasteiger partial charge in [-0.05, 0) is 103 Å². The summed E-state index contributed by atoms with van der Waals surface area (Å²) in [6.45, 7) is 8.37. The Balaban J connectivity index is 0.905. The third kappa shape index (κ3) is 3.13. The van der Waals surface area contributed by atoms with Crippen LogP contribution in [-0.2, 0) is 38.4 Å². The van der Waals surface area contributed by atoms with Gasteiger partial charge < -0.3 is 0 Å². The van der Waals surface area contributed by atoms with Gasteiger partial charge >= 0.3 is 0 Å². The van der Waals surface area contributed by atoms with Crippen LogP contribution in [-0.4, -0.2) is 95.0 Å². The topological polar surface area (TPSA) is 150 Å². The zero-order chi connectivity index (χ0) is 40.9. The lowest BCUT2D eigenvalue weighted by molar-refractivity contribution is -0.142. The number of imide groups is 4. The lowest BCUT2D eigenvalue weighted by Crippen LogP contribution is -2.35. The molecule has 4 aliphatic heterocycles. The Morgan fingerprint density at radius 2 is 0.397 bits per heavy atom. The molecule has 8 aliphatic carbocycles. The number of carbonyl (C=O) groups excluding carboxylic acids is 8. The summed E-state index contributed by atoms with van der Waals surface area (Å²) in [5.41, 5.74) is 0.730. The summed E-state index contributed by atoms with van der Waals surface area (Å²) in [6, 6.07) is 0. The highest BCUT2D eigenvalue weighted by atomic mass is 16.2. The fourth-order valence-electron chi connectivity index (χ4n) is 17.1. The van der Waals surface area contributed by atoms with Gasteiger partial charge in [-0.3, -0.25) is 58.0 Å². The predicted molar refractivity (Wildman–Crippen MR) is 204 cm³/mol. The molecule has 12 fully saturated rings. The molecule has 4 saturated heterocycles. The minimum atomic E-state index is -0.992. The molecule has 4 unspecified atom stereocenters. The number of carbonyl (C=O) groups is 8. The van der Waals surface area contributed by atoms with Crippen molar-refractivity contribution in [2.45, 2.75) is 103 Å². The summed E-state index contributed by atoms with van der Waals surface area (Å²) in [7, 11) is 6.29. The molecule has 0 N–H and O–H groups in total. The molecule has 0 aromatic heterocycles. The van der Waals surface area contributed by atoms with Crippen LogP contribution in [0.25, 0.3) is 0 Å². The van der Waals surface area contributed by atoms with Gasteiger partial charge in [-0.25, -0.2) is 0 Å². The fourth-order valence-corrected chi connectivity index (χ4v) is 17.1. The minimum Gasteiger partial charge on any atom is -0.285 e. The molecule has 0 aromatic rings. The molecule has 8 atom stereocenters. The molecule has 0 radical (unpaired) electrons. The van der Waals surface area contributed by atoms with Crippen LogP contribution in [0.2, 0.25) is 0 Å². The first-order valence-corrected chi connectivity index (χ1v) is 21.0. The molecular weight excluding hydrogens is 737 g/mol. The summed E-state index contributed by atoms with van der Waals surface area (Å²) < 4.78 is 0. The third-order valence-corrected chi connectivity index (χ3v) is 19.3. The van der Waals surface area contributed by atoms with Gasteiger partial charge in [0.2, 0.25) is 47.3 Å². The van der Waals surface area contributed by atoms with Crippen molar-refractivity contribution in [3.8, 4) is 0 Å². The van der Waals surface area contributed by atoms with E-state index in [1.54, 1.807) is 28.2 Å². The molecule has 12 heteroatoms. The second-order valence-electron chi connectivity index (χ2n) is 21.3. The van der Waals surface area contributed by atoms with Gasteiger partial charge in [-0.2, -0.15) is 0 Å². The van der Waals surface area contributed by atoms with Crippen LogP contribution in [0.1, 0.15) is 103 Å². The Bertz CT molecular complexity index is 2170. The van der Waals surface area contributed by atoms with Crippen LogP contribution in [0, 0.1) is 43.3 Å². The second kappa shape index (κ2) is 9.65. The summed E-state index contributed by atoms with van der Waals surface area (Å²) in [4.78, 5) is 118. The van der Waals surface area contributed by atoms with Crippen molar-refractivity contribution in [2.75, 3.05) is 28.2 Å². The Hall–Kier alpha value is -4.74. The fraction of sp³-hybridized carbons (Fsp3) is 0.609. The summed E-state index contributed by atoms with van der Waals surface area (Å²) in [5.74, 6) is -1.37. The first-order chi connectivity index (χ1) is 27.2. The van der Waals surface area contributed by atoms with Crippen molar-refractivity contribution in [3.05, 3.63) is 57.7 Å². The highest BCUT2D eigenvalue weighted by molar-refractivity contribution is 6.15. The van der Waals surface area contributed by atoms with Crippen molar-refractivity contribution >= 4 is 47.3 Å². The molecule has 8 amide bonds. The van der Waals surface area contributed by atoms with E-state index >= 15 is 0 Å². The smallest absolute Gasteiger partial charge is 0.236 e. The first kappa shape index (κ1) is 35.2. The van der Waals surface area contributed by atoms with E-state index in [0.29, 0.717) is 103 Å². The quantitative estimate of drug-likeness (QED) is 0.262. The Morgan fingerprint density at radius 3 is 0.534 bits per heavy atom. The van der Waals surface area contributed by atoms with Crippen molar-refractivity contribution in [1.82, 2.24) is 19.6 Å². The first-order valence-electron chi connectivity index (χ1n) is 21.0. The molecular formula is C46H48N4O8. The van der Waals surface area contributed by atoms with Crippen molar-refractivity contribution in [2.24, 2.45) is 43.3 Å². The van der Waals surface area contributed by atoms with E-state index in [2.05, 4.69) is 13.2 Å². The molecule has 300 valence electrons. The standard InChI is InChI=1S/C46H48N4O8/c1-23-7-39-11-25(12-40(39,8-23)32(52)47(3)31(39)51)27-15-43-19-29(20-44(43,16-27)36(56)49(5)35(43)55)30-21-45-17-28(18-46(45,22-30)38(58)50(6)37(45)57)26-13-41-9-24(2)10-42(41,14-26)34(54)48(4)33(41)53/h1-2,7-22H2,3-6H3/t39-,40+,41-,42+,43?,44?,45?,46?. The van der Waals surface area contributed by atoms with E-state index in [0.717, 1.165) is 44.6 Å². The maximum atomic E-state index is 14.4. The minimum absolute atomic E-state index is 0.150. The van der Waals surface area contributed by atoms with E-state index in [9.17, 15) is 38.4 Å². The van der Waals surface area contributed by atoms with Gasteiger partial charge in [0.1, 0.15) is 0 Å². The Morgan fingerprint density at radius 1 is 0.276 bits per heavy atom. The lowest BCUT2D eigenvalue weighted by Gasteiger charge is -2.26. The maximum absolute atomic E-state index is 14.4. The van der Waals surface area contributed by atoms with Gasteiger partial charge in [0.05, 0.1) is 43.3 Å². The molecule has 12 nitrogen and oxygen atoms in total. The average molecular weight is 785 g/mol. The summed E-state index contributed by atoms with van der Waals surface area (Å²) in [6.07, 6.45) is 6.83. The SMILES string of the molecule is C=C1C[C@@]23CC(=C4CC56CC(=C7CC89CC(=C%10C[C@]%11%12CC(=C)C[C@@]%11(C%10)C(=O)N(C)C%12=O)CC8(C7)C(=O)N(C)C9=O)CC5(C4)C(=O)N(C)C6=O)C[C@]2(C1)C(=O)N(C)C3=O. The Kier molecular flexibility index (Phi) is 5.86. The highest BCUT2D eigenvalue weighted by Crippen LogP contribution is 2.78. The zero-order valence-electron chi connectivity index (χ0n) is 33.8. The van der Waals surface area contributed by atoms with Crippen LogP contribution in [0.5, 0.6) is 0 Å². The van der Waals surface area contributed by atoms with Gasteiger partial charge in [0, 0.05) is 28.2 Å². The number of likely N-dealkylation sites (tertiary alicyclic amines) is 4. The van der Waals surface area contributed by atoms with Crippen LogP contribution in [0.15, 0.2) is 57.7 Å². The normalized spacial score (nSPS) is 46.1. The number of amides is 8. The van der Waals surface area contributed by atoms with Gasteiger partial charge in [0.15, 0.2) is 0 Å². The van der Waals surface area contributed by atoms with Crippen molar-refractivity contribution < 1.29 is 38.4 Å². The monoisotopic (exact) mass is 784 g/mol. The number of hydrogen-bond acceptors (Lipinski definition) is 8. The van der Waals surface area contributed by atoms with Gasteiger partial charge in [-0.1, -0.05) is 57.7 Å². The molecule has 0 bridgehead atoms. The predicted octanol–water partition coefficient (Wildman–Crippen LogP) is 4.22. The lowest BCUT2D eigenvalue weighted by atomic mass is 9.70. The highest BCUT2D eigenvalue weighted by Gasteiger charge is 2.80. The largest absolute Gasteiger partial charge is 0.285 e. The van der Waals surface area contributed by atoms with E-state index < -0.39 is 43.3 Å². The molecule has 12 rings (SSSR count). The van der Waals surface area contributed by atoms with E-state index in [1.807, 2.05) is 0 Å². The van der Waals surface area contributed by atoms with Crippen molar-refractivity contribution in [1.29, 1.82) is 0 Å². The number of nitrogens with zero attached hydrogens (tertiary/aromatic N) is 4. The zero-order valence-corrected chi connectivity index (χ0v) is 33.8. The average Bonchev–Trinajstić information content (AvgIpc) is 4.06. The van der Waals surface area contributed by atoms with Gasteiger partial charge in [-0.15, -0.1) is 0 Å². The molecule has 0 spiro atoms. The van der Waals surface area contributed by atoms with Crippen LogP contribution in [0.4, 0.5) is 0 Å². The Labute approximate surface area is 336 Å². The van der Waals surface area contributed by atoms with Crippen molar-refractivity contribution in [3.63, 3.8) is 0 Å². The number of hydrogen-bond donors (Lipinski definition) is 0. The number of rotatable bonds is 0. The molecule has 8 saturated carbocycles. The van der Waals surface area contributed by atoms with Gasteiger partial charge in [0.25, 0.3) is 0 Å². The molecule has 58 heavy (non-hydrogen) atoms. The van der Waals surface area contributed by atoms with E-state index in [4.69, 9.17) is 0 Å². The third-order valence-electron chi connectivity index (χ3n) is 19.3. The van der Waals surface area contributed by atoms with E-state index in [1.165, 1.54) is 19.6 Å². The van der Waals surface area contributed by atoms with Crippen LogP contribution >= 0.6 is 0 Å². The summed E-state index contributed by atoms with van der Waals surface area (Å²) in [5, 5.41) is 0. The molecule has 12 aliphatic rings. The van der Waals surface area contributed by atoms with Crippen LogP contribution in [0.3, 0.4) is 0 Å². The maximum Gasteiger partial charge on any atom is 0.236 e. The molecule has 0 aromatic carbocycles. The summed E-state index contributed by atoms with van der Waals surface area (Å²) >= 11 is 0. The second-order valence-corrected chi connectivity index (χ2v) is 21.3.